The van der Waals surface area contributed by atoms with Gasteiger partial charge in [0, 0.05) is 6.21 Å². The quantitative estimate of drug-likeness (QED) is 0.391. The second-order valence-electron chi connectivity index (χ2n) is 2.99. The molecule has 0 aromatic rings. The third kappa shape index (κ3) is 6.37. The van der Waals surface area contributed by atoms with Crippen LogP contribution >= 0.6 is 0 Å². The number of carbonyl (C=O) groups is 2. The van der Waals surface area contributed by atoms with E-state index in [4.69, 9.17) is 5.41 Å². The summed E-state index contributed by atoms with van der Waals surface area (Å²) >= 11 is 0. The molecule has 2 N–H and O–H groups in total. The van der Waals surface area contributed by atoms with E-state index in [-0.39, 0.29) is 17.9 Å². The molecule has 1 amide bonds. The topological polar surface area (TPSA) is 70.0 Å². The van der Waals surface area contributed by atoms with Gasteiger partial charge in [-0.1, -0.05) is 19.1 Å². The first-order chi connectivity index (χ1) is 7.11. The van der Waals surface area contributed by atoms with Gasteiger partial charge in [-0.15, -0.1) is 0 Å². The minimum Gasteiger partial charge on any atom is -0.345 e. The summed E-state index contributed by atoms with van der Waals surface area (Å²) in [5.74, 6) is -0.516. The number of carbonyl (C=O) groups excluding carboxylic acids is 2. The van der Waals surface area contributed by atoms with Crippen molar-refractivity contribution in [1.82, 2.24) is 5.32 Å². The highest BCUT2D eigenvalue weighted by Gasteiger charge is 2.05. The van der Waals surface area contributed by atoms with Crippen LogP contribution in [0.25, 0.3) is 0 Å². The van der Waals surface area contributed by atoms with E-state index in [1.54, 1.807) is 12.2 Å². The van der Waals surface area contributed by atoms with Gasteiger partial charge >= 0.3 is 0 Å². The molecule has 0 rings (SSSR count). The Morgan fingerprint density at radius 2 is 2.07 bits per heavy atom. The molecular formula is C11H16N2O2. The van der Waals surface area contributed by atoms with Crippen LogP contribution < -0.4 is 5.32 Å². The highest BCUT2D eigenvalue weighted by molar-refractivity contribution is 6.12. The maximum atomic E-state index is 11.4. The van der Waals surface area contributed by atoms with E-state index in [1.165, 1.54) is 6.92 Å². The van der Waals surface area contributed by atoms with Crippen LogP contribution in [0.1, 0.15) is 20.3 Å². The number of rotatable bonds is 6. The first kappa shape index (κ1) is 13.3. The first-order valence-electron chi connectivity index (χ1n) is 4.76. The Bertz CT molecular complexity index is 304. The molecule has 0 aromatic heterocycles. The van der Waals surface area contributed by atoms with Crippen molar-refractivity contribution < 1.29 is 9.59 Å². The fraction of sp³-hybridized carbons (Fsp3) is 0.364. The Morgan fingerprint density at radius 3 is 2.53 bits per heavy atom. The number of hydrogen-bond donors (Lipinski definition) is 2. The molecule has 0 atom stereocenters. The molecule has 82 valence electrons. The lowest BCUT2D eigenvalue weighted by molar-refractivity contribution is -0.121. The summed E-state index contributed by atoms with van der Waals surface area (Å²) in [6.07, 6.45) is 6.98. The highest BCUT2D eigenvalue weighted by Crippen LogP contribution is 1.92. The molecule has 15 heavy (non-hydrogen) atoms. The standard InChI is InChI=1S/C11H16N2O2/c1-3-4-5-6-10(7-12)11(15)13-8-9(2)14/h4-7,12H,3,8H2,1-2H3,(H,13,15)/b5-4+,10-6+,12-7?. The fourth-order valence-electron chi connectivity index (χ4n) is 0.804. The highest BCUT2D eigenvalue weighted by atomic mass is 16.2. The predicted molar refractivity (Wildman–Crippen MR) is 60.0 cm³/mol. The molecule has 0 heterocycles. The number of nitrogens with one attached hydrogen (secondary N) is 2. The Hall–Kier alpha value is -1.71. The lowest BCUT2D eigenvalue weighted by Crippen LogP contribution is -2.29. The van der Waals surface area contributed by atoms with Crippen molar-refractivity contribution in [3.8, 4) is 0 Å². The summed E-state index contributed by atoms with van der Waals surface area (Å²) in [5, 5.41) is 9.46. The van der Waals surface area contributed by atoms with Crippen molar-refractivity contribution in [2.45, 2.75) is 20.3 Å². The molecule has 0 aliphatic heterocycles. The van der Waals surface area contributed by atoms with Crippen LogP contribution in [0.3, 0.4) is 0 Å². The second-order valence-corrected chi connectivity index (χ2v) is 2.99. The van der Waals surface area contributed by atoms with Gasteiger partial charge in [-0.25, -0.2) is 0 Å². The molecule has 0 unspecified atom stereocenters. The van der Waals surface area contributed by atoms with Gasteiger partial charge in [-0.2, -0.15) is 0 Å². The van der Waals surface area contributed by atoms with Gasteiger partial charge in [0.1, 0.15) is 5.78 Å². The summed E-state index contributed by atoms with van der Waals surface area (Å²) in [6.45, 7) is 3.37. The van der Waals surface area contributed by atoms with Gasteiger partial charge < -0.3 is 10.7 Å². The smallest absolute Gasteiger partial charge is 0.253 e. The van der Waals surface area contributed by atoms with Gasteiger partial charge in [-0.05, 0) is 19.4 Å². The number of allylic oxidation sites excluding steroid dienone is 3. The zero-order valence-corrected chi connectivity index (χ0v) is 9.04. The molecule has 0 aliphatic rings. The first-order valence-corrected chi connectivity index (χ1v) is 4.76. The van der Waals surface area contributed by atoms with Gasteiger partial charge in [-0.3, -0.25) is 9.59 Å². The van der Waals surface area contributed by atoms with Crippen molar-refractivity contribution in [2.24, 2.45) is 0 Å². The number of hydrogen-bond acceptors (Lipinski definition) is 3. The maximum absolute atomic E-state index is 11.4. The summed E-state index contributed by atoms with van der Waals surface area (Å²) in [5.41, 5.74) is 0.237. The Morgan fingerprint density at radius 1 is 1.40 bits per heavy atom. The summed E-state index contributed by atoms with van der Waals surface area (Å²) in [4.78, 5) is 22.0. The average Bonchev–Trinajstić information content (AvgIpc) is 2.21. The molecule has 0 spiro atoms. The SMILES string of the molecule is CC/C=C/C=C(\C=N)C(=O)NCC(C)=O. The Kier molecular flexibility index (Phi) is 6.80. The zero-order valence-electron chi connectivity index (χ0n) is 9.04. The Balaban J connectivity index is 4.34. The van der Waals surface area contributed by atoms with Crippen LogP contribution in [0, 0.1) is 5.41 Å². The van der Waals surface area contributed by atoms with Crippen LogP contribution in [0.2, 0.25) is 0 Å². The van der Waals surface area contributed by atoms with Crippen LogP contribution in [0.15, 0.2) is 23.8 Å². The molecule has 4 nitrogen and oxygen atoms in total. The molecule has 0 radical (unpaired) electrons. The van der Waals surface area contributed by atoms with Crippen LogP contribution in [0.5, 0.6) is 0 Å². The van der Waals surface area contributed by atoms with E-state index in [0.29, 0.717) is 0 Å². The van der Waals surface area contributed by atoms with Gasteiger partial charge in [0.05, 0.1) is 12.1 Å². The predicted octanol–water partition coefficient (Wildman–Crippen LogP) is 1.23. The minimum atomic E-state index is -0.402. The molecule has 0 aromatic carbocycles. The molecule has 0 fully saturated rings. The average molecular weight is 208 g/mol. The van der Waals surface area contributed by atoms with E-state index >= 15 is 0 Å². The van der Waals surface area contributed by atoms with E-state index in [1.807, 2.05) is 13.0 Å². The molecular weight excluding hydrogens is 192 g/mol. The van der Waals surface area contributed by atoms with E-state index in [2.05, 4.69) is 5.32 Å². The Labute approximate surface area is 89.6 Å². The lowest BCUT2D eigenvalue weighted by Gasteiger charge is -2.01. The van der Waals surface area contributed by atoms with Crippen LogP contribution in [-0.2, 0) is 9.59 Å². The number of Topliss-reactive ketones (excluding diaryl/α,β-unsaturated/α-hetero) is 1. The fourth-order valence-corrected chi connectivity index (χ4v) is 0.804. The van der Waals surface area contributed by atoms with Crippen molar-refractivity contribution in [1.29, 1.82) is 5.41 Å². The van der Waals surface area contributed by atoms with Crippen LogP contribution in [0.4, 0.5) is 0 Å². The van der Waals surface area contributed by atoms with Gasteiger partial charge in [0.2, 0.25) is 0 Å². The summed E-state index contributed by atoms with van der Waals surface area (Å²) in [7, 11) is 0. The van der Waals surface area contributed by atoms with Crippen molar-refractivity contribution in [3.63, 3.8) is 0 Å². The number of amides is 1. The van der Waals surface area contributed by atoms with E-state index < -0.39 is 5.91 Å². The second kappa shape index (κ2) is 7.67. The molecule has 0 saturated carbocycles. The summed E-state index contributed by atoms with van der Waals surface area (Å²) < 4.78 is 0. The monoisotopic (exact) mass is 208 g/mol. The molecule has 0 bridgehead atoms. The summed E-state index contributed by atoms with van der Waals surface area (Å²) in [6, 6.07) is 0. The van der Waals surface area contributed by atoms with Gasteiger partial charge in [0.15, 0.2) is 0 Å². The zero-order chi connectivity index (χ0) is 11.7. The van der Waals surface area contributed by atoms with Gasteiger partial charge in [0.25, 0.3) is 5.91 Å². The third-order valence-electron chi connectivity index (χ3n) is 1.56. The normalized spacial score (nSPS) is 11.5. The molecule has 0 aliphatic carbocycles. The van der Waals surface area contributed by atoms with Crippen molar-refractivity contribution >= 4 is 17.9 Å². The third-order valence-corrected chi connectivity index (χ3v) is 1.56. The molecule has 0 saturated heterocycles. The van der Waals surface area contributed by atoms with E-state index in [0.717, 1.165) is 12.6 Å². The number of ketones is 1. The lowest BCUT2D eigenvalue weighted by atomic mass is 10.2. The van der Waals surface area contributed by atoms with E-state index in [9.17, 15) is 9.59 Å². The largest absolute Gasteiger partial charge is 0.345 e. The van der Waals surface area contributed by atoms with Crippen LogP contribution in [-0.4, -0.2) is 24.4 Å². The van der Waals surface area contributed by atoms with Crippen molar-refractivity contribution in [3.05, 3.63) is 23.8 Å². The van der Waals surface area contributed by atoms with Crippen molar-refractivity contribution in [2.75, 3.05) is 6.54 Å². The maximum Gasteiger partial charge on any atom is 0.253 e. The minimum absolute atomic E-state index is 0.00149. The molecule has 4 heteroatoms.